The van der Waals surface area contributed by atoms with Crippen LogP contribution in [0.3, 0.4) is 0 Å². The van der Waals surface area contributed by atoms with Crippen LogP contribution >= 0.6 is 0 Å². The summed E-state index contributed by atoms with van der Waals surface area (Å²) in [5.74, 6) is -1.21. The average Bonchev–Trinajstić information content (AvgIpc) is 3.09. The first-order valence-corrected chi connectivity index (χ1v) is 6.08. The molecular weight excluding hydrogens is 226 g/mol. The zero-order valence-corrected chi connectivity index (χ0v) is 9.59. The third-order valence-corrected chi connectivity index (χ3v) is 3.77. The van der Waals surface area contributed by atoms with Crippen LogP contribution in [0.1, 0.15) is 38.5 Å². The van der Waals surface area contributed by atoms with Crippen LogP contribution in [0.5, 0.6) is 0 Å². The number of carbonyl (C=O) groups is 1. The van der Waals surface area contributed by atoms with Crippen molar-refractivity contribution in [1.82, 2.24) is 5.32 Å². The Kier molecular flexibility index (Phi) is 3.32. The van der Waals surface area contributed by atoms with Crippen LogP contribution in [-0.2, 0) is 4.79 Å². The van der Waals surface area contributed by atoms with Crippen molar-refractivity contribution in [3.63, 3.8) is 0 Å². The third kappa shape index (κ3) is 2.74. The Morgan fingerprint density at radius 2 is 2.12 bits per heavy atom. The van der Waals surface area contributed by atoms with Crippen LogP contribution in [0.2, 0.25) is 0 Å². The fourth-order valence-corrected chi connectivity index (χ4v) is 2.42. The van der Waals surface area contributed by atoms with Gasteiger partial charge in [0, 0.05) is 11.8 Å². The molecule has 0 aliphatic heterocycles. The predicted molar refractivity (Wildman–Crippen MR) is 57.2 cm³/mol. The van der Waals surface area contributed by atoms with E-state index in [1.807, 2.05) is 0 Å². The van der Waals surface area contributed by atoms with Gasteiger partial charge in [0.05, 0.1) is 6.07 Å². The Hall–Kier alpha value is -1.18. The number of nitriles is 1. The molecule has 0 saturated heterocycles. The van der Waals surface area contributed by atoms with Crippen molar-refractivity contribution < 1.29 is 13.6 Å². The van der Waals surface area contributed by atoms with Crippen LogP contribution < -0.4 is 5.32 Å². The molecular formula is C12H16F2N2O. The molecule has 2 rings (SSSR count). The smallest absolute Gasteiger partial charge is 0.241 e. The second-order valence-corrected chi connectivity index (χ2v) is 5.14. The molecule has 0 aromatic rings. The van der Waals surface area contributed by atoms with E-state index < -0.39 is 17.9 Å². The Labute approximate surface area is 99.2 Å². The van der Waals surface area contributed by atoms with E-state index >= 15 is 0 Å². The largest absolute Gasteiger partial charge is 0.338 e. The van der Waals surface area contributed by atoms with Crippen LogP contribution in [0, 0.1) is 23.2 Å². The Bertz CT molecular complexity index is 347. The van der Waals surface area contributed by atoms with Gasteiger partial charge >= 0.3 is 0 Å². The molecule has 3 nitrogen and oxygen atoms in total. The molecule has 0 heterocycles. The van der Waals surface area contributed by atoms with Crippen molar-refractivity contribution in [1.29, 1.82) is 5.26 Å². The zero-order chi connectivity index (χ0) is 12.5. The number of nitrogens with zero attached hydrogens (tertiary/aromatic N) is 1. The summed E-state index contributed by atoms with van der Waals surface area (Å²) in [5, 5.41) is 11.6. The highest BCUT2D eigenvalue weighted by atomic mass is 19.3. The highest BCUT2D eigenvalue weighted by Crippen LogP contribution is 2.37. The second-order valence-electron chi connectivity index (χ2n) is 5.14. The molecule has 17 heavy (non-hydrogen) atoms. The lowest BCUT2D eigenvalue weighted by Crippen LogP contribution is -2.41. The van der Waals surface area contributed by atoms with Gasteiger partial charge in [-0.3, -0.25) is 4.79 Å². The molecule has 1 unspecified atom stereocenters. The fraction of sp³-hybridized carbons (Fsp3) is 0.833. The number of hydrogen-bond donors (Lipinski definition) is 1. The standard InChI is InChI=1S/C12H16F2N2O/c13-10(14)8-2-1-3-9(6-8)11(17)16-12(7-15)4-5-12/h8-10H,1-6H2,(H,16,17)/t8?,9-/m0/s1. The van der Waals surface area contributed by atoms with Crippen molar-refractivity contribution in [3.8, 4) is 6.07 Å². The van der Waals surface area contributed by atoms with E-state index in [4.69, 9.17) is 5.26 Å². The van der Waals surface area contributed by atoms with Gasteiger partial charge in [0.1, 0.15) is 5.54 Å². The minimum atomic E-state index is -2.34. The van der Waals surface area contributed by atoms with E-state index in [-0.39, 0.29) is 18.2 Å². The van der Waals surface area contributed by atoms with Gasteiger partial charge in [-0.2, -0.15) is 5.26 Å². The Morgan fingerprint density at radius 3 is 2.65 bits per heavy atom. The van der Waals surface area contributed by atoms with Crippen molar-refractivity contribution in [3.05, 3.63) is 0 Å². The first-order valence-electron chi connectivity index (χ1n) is 6.08. The summed E-state index contributed by atoms with van der Waals surface area (Å²) in [6.07, 6.45) is 1.12. The third-order valence-electron chi connectivity index (χ3n) is 3.77. The van der Waals surface area contributed by atoms with Crippen LogP contribution in [0.4, 0.5) is 8.78 Å². The SMILES string of the molecule is N#CC1(NC(=O)[C@H]2CCCC(C(F)F)C2)CC1. The van der Waals surface area contributed by atoms with Gasteiger partial charge in [-0.05, 0) is 32.1 Å². The number of halogens is 2. The minimum Gasteiger partial charge on any atom is -0.338 e. The van der Waals surface area contributed by atoms with Gasteiger partial charge in [-0.25, -0.2) is 8.78 Å². The maximum Gasteiger partial charge on any atom is 0.241 e. The van der Waals surface area contributed by atoms with E-state index in [0.717, 1.165) is 0 Å². The molecule has 5 heteroatoms. The lowest BCUT2D eigenvalue weighted by Gasteiger charge is -2.28. The number of amides is 1. The number of hydrogen-bond acceptors (Lipinski definition) is 2. The van der Waals surface area contributed by atoms with E-state index in [0.29, 0.717) is 32.1 Å². The maximum atomic E-state index is 12.6. The summed E-state index contributed by atoms with van der Waals surface area (Å²) >= 11 is 0. The highest BCUT2D eigenvalue weighted by Gasteiger charge is 2.46. The van der Waals surface area contributed by atoms with Crippen LogP contribution in [0.15, 0.2) is 0 Å². The monoisotopic (exact) mass is 242 g/mol. The molecule has 0 aromatic carbocycles. The van der Waals surface area contributed by atoms with Crippen molar-refractivity contribution in [2.75, 3.05) is 0 Å². The normalized spacial score (nSPS) is 30.7. The molecule has 2 fully saturated rings. The quantitative estimate of drug-likeness (QED) is 0.825. The molecule has 2 aliphatic carbocycles. The molecule has 94 valence electrons. The topological polar surface area (TPSA) is 52.9 Å². The minimum absolute atomic E-state index is 0.214. The summed E-state index contributed by atoms with van der Waals surface area (Å²) in [7, 11) is 0. The maximum absolute atomic E-state index is 12.6. The predicted octanol–water partition coefficient (Wildman–Crippen LogP) is 2.23. The van der Waals surface area contributed by atoms with E-state index in [1.165, 1.54) is 0 Å². The lowest BCUT2D eigenvalue weighted by molar-refractivity contribution is -0.127. The molecule has 2 saturated carbocycles. The van der Waals surface area contributed by atoms with Crippen LogP contribution in [-0.4, -0.2) is 17.9 Å². The van der Waals surface area contributed by atoms with Gasteiger partial charge in [-0.15, -0.1) is 0 Å². The highest BCUT2D eigenvalue weighted by molar-refractivity contribution is 5.80. The molecule has 1 N–H and O–H groups in total. The number of rotatable bonds is 3. The summed E-state index contributed by atoms with van der Waals surface area (Å²) in [4.78, 5) is 11.9. The van der Waals surface area contributed by atoms with Gasteiger partial charge in [0.15, 0.2) is 0 Å². The van der Waals surface area contributed by atoms with Crippen molar-refractivity contribution >= 4 is 5.91 Å². The zero-order valence-electron chi connectivity index (χ0n) is 9.59. The van der Waals surface area contributed by atoms with Crippen LogP contribution in [0.25, 0.3) is 0 Å². The summed E-state index contributed by atoms with van der Waals surface area (Å²) in [5.41, 5.74) is -0.686. The number of nitrogens with one attached hydrogen (secondary N) is 1. The lowest BCUT2D eigenvalue weighted by atomic mass is 9.81. The van der Waals surface area contributed by atoms with E-state index in [1.54, 1.807) is 0 Å². The molecule has 1 amide bonds. The molecule has 0 spiro atoms. The van der Waals surface area contributed by atoms with E-state index in [2.05, 4.69) is 11.4 Å². The molecule has 0 aromatic heterocycles. The molecule has 2 aliphatic rings. The summed E-state index contributed by atoms with van der Waals surface area (Å²) in [6, 6.07) is 2.08. The van der Waals surface area contributed by atoms with Crippen molar-refractivity contribution in [2.24, 2.45) is 11.8 Å². The first-order chi connectivity index (χ1) is 8.06. The summed E-state index contributed by atoms with van der Waals surface area (Å²) < 4.78 is 25.2. The van der Waals surface area contributed by atoms with Gasteiger partial charge in [-0.1, -0.05) is 6.42 Å². The van der Waals surface area contributed by atoms with Crippen molar-refractivity contribution in [2.45, 2.75) is 50.5 Å². The summed E-state index contributed by atoms with van der Waals surface area (Å²) in [6.45, 7) is 0. The fourth-order valence-electron chi connectivity index (χ4n) is 2.42. The first kappa shape index (κ1) is 12.3. The Morgan fingerprint density at radius 1 is 1.41 bits per heavy atom. The molecule has 2 atom stereocenters. The second kappa shape index (κ2) is 4.59. The molecule has 0 radical (unpaired) electrons. The van der Waals surface area contributed by atoms with Gasteiger partial charge in [0.2, 0.25) is 12.3 Å². The number of carbonyl (C=O) groups excluding carboxylic acids is 1. The van der Waals surface area contributed by atoms with E-state index in [9.17, 15) is 13.6 Å². The number of alkyl halides is 2. The van der Waals surface area contributed by atoms with Gasteiger partial charge in [0.25, 0.3) is 0 Å². The molecule has 0 bridgehead atoms. The average molecular weight is 242 g/mol. The van der Waals surface area contributed by atoms with Gasteiger partial charge < -0.3 is 5.32 Å². The Balaban J connectivity index is 1.89.